The van der Waals surface area contributed by atoms with Crippen molar-refractivity contribution in [3.05, 3.63) is 54.4 Å². The van der Waals surface area contributed by atoms with Gasteiger partial charge in [0, 0.05) is 12.4 Å². The molecule has 1 aromatic heterocycles. The van der Waals surface area contributed by atoms with Gasteiger partial charge in [0.15, 0.2) is 6.04 Å². The Bertz CT molecular complexity index is 660. The standard InChI is InChI=1S/C16H18N2O4/c1-16(2,18-9-3-4-10-18)15(22)17-13(14(20)21)11-5-7-12(19)8-6-11/h3-10,13,19H,1-2H3,(H,17,22)(H,20,21). The second kappa shape index (κ2) is 5.93. The van der Waals surface area contributed by atoms with Crippen LogP contribution in [-0.2, 0) is 15.1 Å². The number of carbonyl (C=O) groups excluding carboxylic acids is 1. The van der Waals surface area contributed by atoms with E-state index < -0.39 is 23.5 Å². The highest BCUT2D eigenvalue weighted by molar-refractivity contribution is 5.88. The van der Waals surface area contributed by atoms with E-state index in [1.165, 1.54) is 24.3 Å². The summed E-state index contributed by atoms with van der Waals surface area (Å²) in [6.07, 6.45) is 3.49. The summed E-state index contributed by atoms with van der Waals surface area (Å²) in [7, 11) is 0. The van der Waals surface area contributed by atoms with Crippen LogP contribution in [0.25, 0.3) is 0 Å². The summed E-state index contributed by atoms with van der Waals surface area (Å²) in [5.41, 5.74) is -0.532. The fourth-order valence-electron chi connectivity index (χ4n) is 2.09. The van der Waals surface area contributed by atoms with Crippen molar-refractivity contribution in [2.24, 2.45) is 0 Å². The van der Waals surface area contributed by atoms with Gasteiger partial charge in [0.25, 0.3) is 0 Å². The largest absolute Gasteiger partial charge is 0.508 e. The van der Waals surface area contributed by atoms with Crippen molar-refractivity contribution in [1.29, 1.82) is 0 Å². The van der Waals surface area contributed by atoms with Crippen LogP contribution in [0.5, 0.6) is 5.75 Å². The van der Waals surface area contributed by atoms with E-state index in [4.69, 9.17) is 0 Å². The van der Waals surface area contributed by atoms with Crippen molar-refractivity contribution >= 4 is 11.9 Å². The van der Waals surface area contributed by atoms with Gasteiger partial charge in [-0.1, -0.05) is 12.1 Å². The molecule has 2 rings (SSSR count). The zero-order valence-corrected chi connectivity index (χ0v) is 12.4. The van der Waals surface area contributed by atoms with Gasteiger partial charge in [-0.3, -0.25) is 4.79 Å². The SMILES string of the molecule is CC(C)(C(=O)NC(C(=O)O)c1ccc(O)cc1)n1cccc1. The number of phenolic OH excluding ortho intramolecular Hbond substituents is 1. The molecule has 116 valence electrons. The van der Waals surface area contributed by atoms with E-state index in [0.29, 0.717) is 5.56 Å². The Hall–Kier alpha value is -2.76. The van der Waals surface area contributed by atoms with Crippen molar-refractivity contribution in [1.82, 2.24) is 9.88 Å². The summed E-state index contributed by atoms with van der Waals surface area (Å²) in [5.74, 6) is -1.54. The number of hydrogen-bond donors (Lipinski definition) is 3. The molecule has 22 heavy (non-hydrogen) atoms. The lowest BCUT2D eigenvalue weighted by Crippen LogP contribution is -2.46. The molecule has 0 aliphatic rings. The smallest absolute Gasteiger partial charge is 0.330 e. The molecule has 0 saturated carbocycles. The number of nitrogens with zero attached hydrogens (tertiary/aromatic N) is 1. The highest BCUT2D eigenvalue weighted by Gasteiger charge is 2.33. The normalized spacial score (nSPS) is 12.6. The van der Waals surface area contributed by atoms with Gasteiger partial charge in [0.1, 0.15) is 11.3 Å². The van der Waals surface area contributed by atoms with Crippen LogP contribution in [0.4, 0.5) is 0 Å². The number of hydrogen-bond acceptors (Lipinski definition) is 3. The predicted octanol–water partition coefficient (Wildman–Crippen LogP) is 1.87. The second-order valence-electron chi connectivity index (χ2n) is 5.49. The molecule has 1 heterocycles. The van der Waals surface area contributed by atoms with Gasteiger partial charge in [-0.25, -0.2) is 4.79 Å². The van der Waals surface area contributed by atoms with Crippen LogP contribution in [0, 0.1) is 0 Å². The van der Waals surface area contributed by atoms with E-state index in [2.05, 4.69) is 5.32 Å². The molecule has 1 unspecified atom stereocenters. The molecule has 1 amide bonds. The summed E-state index contributed by atoms with van der Waals surface area (Å²) in [6, 6.07) is 8.12. The Labute approximate surface area is 128 Å². The quantitative estimate of drug-likeness (QED) is 0.786. The molecule has 2 aromatic rings. The Morgan fingerprint density at radius 1 is 1.14 bits per heavy atom. The van der Waals surface area contributed by atoms with Crippen LogP contribution < -0.4 is 5.32 Å². The lowest BCUT2D eigenvalue weighted by atomic mass is 10.0. The van der Waals surface area contributed by atoms with Gasteiger partial charge >= 0.3 is 5.97 Å². The van der Waals surface area contributed by atoms with Crippen molar-refractivity contribution in [3.8, 4) is 5.75 Å². The zero-order chi connectivity index (χ0) is 16.3. The summed E-state index contributed by atoms with van der Waals surface area (Å²) in [5, 5.41) is 21.2. The number of rotatable bonds is 5. The number of carbonyl (C=O) groups is 2. The number of carboxylic acids is 1. The average Bonchev–Trinajstić information content (AvgIpc) is 3.00. The number of amides is 1. The first-order chi connectivity index (χ1) is 10.3. The van der Waals surface area contributed by atoms with Crippen molar-refractivity contribution in [3.63, 3.8) is 0 Å². The third-order valence-electron chi connectivity index (χ3n) is 3.55. The first kappa shape index (κ1) is 15.6. The van der Waals surface area contributed by atoms with Gasteiger partial charge in [-0.2, -0.15) is 0 Å². The fourth-order valence-corrected chi connectivity index (χ4v) is 2.09. The molecule has 3 N–H and O–H groups in total. The third kappa shape index (κ3) is 3.11. The number of nitrogens with one attached hydrogen (secondary N) is 1. The highest BCUT2D eigenvalue weighted by Crippen LogP contribution is 2.21. The fraction of sp³-hybridized carbons (Fsp3) is 0.250. The monoisotopic (exact) mass is 302 g/mol. The average molecular weight is 302 g/mol. The zero-order valence-electron chi connectivity index (χ0n) is 12.4. The lowest BCUT2D eigenvalue weighted by molar-refractivity contribution is -0.143. The molecular weight excluding hydrogens is 284 g/mol. The maximum Gasteiger partial charge on any atom is 0.330 e. The predicted molar refractivity (Wildman–Crippen MR) is 80.4 cm³/mol. The minimum atomic E-state index is -1.18. The first-order valence-electron chi connectivity index (χ1n) is 6.78. The molecule has 0 bridgehead atoms. The van der Waals surface area contributed by atoms with E-state index in [1.54, 1.807) is 42.9 Å². The number of phenols is 1. The molecule has 1 aromatic carbocycles. The second-order valence-corrected chi connectivity index (χ2v) is 5.49. The third-order valence-corrected chi connectivity index (χ3v) is 3.55. The molecule has 0 fully saturated rings. The molecular formula is C16H18N2O4. The number of aromatic nitrogens is 1. The van der Waals surface area contributed by atoms with Gasteiger partial charge < -0.3 is 20.1 Å². The van der Waals surface area contributed by atoms with Crippen LogP contribution in [0.2, 0.25) is 0 Å². The van der Waals surface area contributed by atoms with Crippen LogP contribution in [0.3, 0.4) is 0 Å². The first-order valence-corrected chi connectivity index (χ1v) is 6.78. The lowest BCUT2D eigenvalue weighted by Gasteiger charge is -2.27. The minimum absolute atomic E-state index is 0.0342. The summed E-state index contributed by atoms with van der Waals surface area (Å²) >= 11 is 0. The summed E-state index contributed by atoms with van der Waals surface area (Å²) in [4.78, 5) is 23.9. The summed E-state index contributed by atoms with van der Waals surface area (Å²) < 4.78 is 1.71. The molecule has 0 aliphatic heterocycles. The van der Waals surface area contributed by atoms with Crippen molar-refractivity contribution in [2.75, 3.05) is 0 Å². The molecule has 1 atom stereocenters. The Kier molecular flexibility index (Phi) is 4.21. The Balaban J connectivity index is 2.23. The molecule has 6 nitrogen and oxygen atoms in total. The Morgan fingerprint density at radius 3 is 2.18 bits per heavy atom. The van der Waals surface area contributed by atoms with E-state index >= 15 is 0 Å². The van der Waals surface area contributed by atoms with Crippen LogP contribution in [-0.4, -0.2) is 26.7 Å². The van der Waals surface area contributed by atoms with Crippen molar-refractivity contribution < 1.29 is 19.8 Å². The highest BCUT2D eigenvalue weighted by atomic mass is 16.4. The number of aromatic hydroxyl groups is 1. The van der Waals surface area contributed by atoms with Crippen LogP contribution in [0.1, 0.15) is 25.5 Å². The van der Waals surface area contributed by atoms with Crippen LogP contribution in [0.15, 0.2) is 48.8 Å². The van der Waals surface area contributed by atoms with Crippen molar-refractivity contribution in [2.45, 2.75) is 25.4 Å². The number of carboxylic acid groups (broad SMARTS) is 1. The van der Waals surface area contributed by atoms with Crippen LogP contribution >= 0.6 is 0 Å². The maximum atomic E-state index is 12.5. The van der Waals surface area contributed by atoms with E-state index in [9.17, 15) is 19.8 Å². The molecule has 6 heteroatoms. The van der Waals surface area contributed by atoms with Gasteiger partial charge in [-0.05, 0) is 43.7 Å². The Morgan fingerprint density at radius 2 is 1.68 bits per heavy atom. The molecule has 0 radical (unpaired) electrons. The van der Waals surface area contributed by atoms with E-state index in [0.717, 1.165) is 0 Å². The minimum Gasteiger partial charge on any atom is -0.508 e. The van der Waals surface area contributed by atoms with E-state index in [-0.39, 0.29) is 5.75 Å². The molecule has 0 saturated heterocycles. The topological polar surface area (TPSA) is 91.6 Å². The van der Waals surface area contributed by atoms with Gasteiger partial charge in [-0.15, -0.1) is 0 Å². The van der Waals surface area contributed by atoms with Gasteiger partial charge in [0.05, 0.1) is 0 Å². The summed E-state index contributed by atoms with van der Waals surface area (Å²) in [6.45, 7) is 3.41. The number of aliphatic carboxylic acids is 1. The number of benzene rings is 1. The van der Waals surface area contributed by atoms with E-state index in [1.807, 2.05) is 0 Å². The van der Waals surface area contributed by atoms with Gasteiger partial charge in [0.2, 0.25) is 5.91 Å². The maximum absolute atomic E-state index is 12.5. The molecule has 0 spiro atoms. The molecule has 0 aliphatic carbocycles.